The number of ketones is 1. The van der Waals surface area contributed by atoms with Gasteiger partial charge in [-0.25, -0.2) is 0 Å². The molecule has 0 aliphatic heterocycles. The predicted molar refractivity (Wildman–Crippen MR) is 135 cm³/mol. The van der Waals surface area contributed by atoms with Crippen molar-refractivity contribution in [2.75, 3.05) is 24.4 Å². The Morgan fingerprint density at radius 3 is 2.84 bits per heavy atom. The van der Waals surface area contributed by atoms with Crippen molar-refractivity contribution in [1.29, 1.82) is 0 Å². The lowest BCUT2D eigenvalue weighted by atomic mass is 10.0. The lowest BCUT2D eigenvalue weighted by Crippen LogP contribution is -2.17. The molecule has 0 spiro atoms. The highest BCUT2D eigenvalue weighted by molar-refractivity contribution is 8.01. The number of hydrogen-bond donors (Lipinski definition) is 1. The first-order valence-corrected chi connectivity index (χ1v) is 13.4. The van der Waals surface area contributed by atoms with Crippen molar-refractivity contribution in [1.82, 2.24) is 0 Å². The van der Waals surface area contributed by atoms with Crippen LogP contribution in [-0.2, 0) is 20.7 Å². The highest BCUT2D eigenvalue weighted by atomic mass is 32.2. The molecule has 1 aliphatic rings. The van der Waals surface area contributed by atoms with E-state index in [1.54, 1.807) is 23.5 Å². The zero-order valence-corrected chi connectivity index (χ0v) is 20.2. The second-order valence-electron chi connectivity index (χ2n) is 8.11. The Kier molecular flexibility index (Phi) is 10.2. The Hall–Kier alpha value is -1.76. The van der Waals surface area contributed by atoms with E-state index < -0.39 is 6.10 Å². The van der Waals surface area contributed by atoms with Gasteiger partial charge < -0.3 is 9.84 Å². The van der Waals surface area contributed by atoms with Crippen LogP contribution < -0.4 is 0 Å². The third-order valence-electron chi connectivity index (χ3n) is 5.73. The van der Waals surface area contributed by atoms with Crippen LogP contribution in [0.3, 0.4) is 0 Å². The minimum Gasteiger partial charge on any atom is -0.468 e. The molecule has 0 amide bonds. The van der Waals surface area contributed by atoms with E-state index in [0.717, 1.165) is 30.8 Å². The number of benzene rings is 2. The highest BCUT2D eigenvalue weighted by Gasteiger charge is 2.33. The Morgan fingerprint density at radius 2 is 2.03 bits per heavy atom. The SMILES string of the molecule is COC(=O)CSCCCS[C@H]1C(=O)CC[C@@H]1/C=C/C(O)CCc1ccc2ccccc2c1. The van der Waals surface area contributed by atoms with E-state index in [1.807, 2.05) is 18.2 Å². The lowest BCUT2D eigenvalue weighted by Gasteiger charge is -2.15. The first-order valence-electron chi connectivity index (χ1n) is 11.2. The van der Waals surface area contributed by atoms with Crippen molar-refractivity contribution in [2.45, 2.75) is 43.5 Å². The number of fused-ring (bicyclic) bond motifs is 1. The van der Waals surface area contributed by atoms with Crippen molar-refractivity contribution < 1.29 is 19.4 Å². The van der Waals surface area contributed by atoms with E-state index in [0.29, 0.717) is 24.4 Å². The summed E-state index contributed by atoms with van der Waals surface area (Å²) in [6.45, 7) is 0. The number of rotatable bonds is 12. The summed E-state index contributed by atoms with van der Waals surface area (Å²) in [5.41, 5.74) is 1.23. The van der Waals surface area contributed by atoms with Crippen LogP contribution in [0.2, 0.25) is 0 Å². The molecule has 0 heterocycles. The van der Waals surface area contributed by atoms with Crippen LogP contribution in [0.15, 0.2) is 54.6 Å². The fourth-order valence-corrected chi connectivity index (χ4v) is 6.22. The Labute approximate surface area is 199 Å². The van der Waals surface area contributed by atoms with Gasteiger partial charge in [0, 0.05) is 6.42 Å². The van der Waals surface area contributed by atoms with Gasteiger partial charge in [-0.1, -0.05) is 54.6 Å². The summed E-state index contributed by atoms with van der Waals surface area (Å²) in [5, 5.41) is 12.9. The van der Waals surface area contributed by atoms with Crippen LogP contribution in [0.1, 0.15) is 31.2 Å². The maximum absolute atomic E-state index is 12.3. The van der Waals surface area contributed by atoms with Crippen molar-refractivity contribution in [3.8, 4) is 0 Å². The number of allylic oxidation sites excluding steroid dienone is 1. The number of aryl methyl sites for hydroxylation is 1. The lowest BCUT2D eigenvalue weighted by molar-refractivity contribution is -0.137. The molecular weight excluding hydrogens is 440 g/mol. The van der Waals surface area contributed by atoms with Crippen LogP contribution in [-0.4, -0.2) is 52.6 Å². The molecule has 1 N–H and O–H groups in total. The quantitative estimate of drug-likeness (QED) is 0.264. The molecule has 3 rings (SSSR count). The van der Waals surface area contributed by atoms with Crippen molar-refractivity contribution in [2.24, 2.45) is 5.92 Å². The second-order valence-corrected chi connectivity index (χ2v) is 10.5. The Bertz CT molecular complexity index is 927. The van der Waals surface area contributed by atoms with Crippen molar-refractivity contribution >= 4 is 46.0 Å². The maximum atomic E-state index is 12.3. The molecule has 2 aromatic rings. The number of carbonyl (C=O) groups excluding carboxylic acids is 2. The smallest absolute Gasteiger partial charge is 0.315 e. The van der Waals surface area contributed by atoms with E-state index in [-0.39, 0.29) is 17.1 Å². The molecule has 172 valence electrons. The van der Waals surface area contributed by atoms with Crippen LogP contribution in [0.4, 0.5) is 0 Å². The van der Waals surface area contributed by atoms with E-state index in [1.165, 1.54) is 23.4 Å². The molecule has 6 heteroatoms. The molecule has 1 saturated carbocycles. The molecule has 0 aromatic heterocycles. The topological polar surface area (TPSA) is 63.6 Å². The average Bonchev–Trinajstić information content (AvgIpc) is 3.17. The standard InChI is InChI=1S/C26H32O4S2/c1-30-25(29)18-31-15-4-16-32-26-21(11-14-24(26)28)10-13-23(27)12-8-19-7-9-20-5-2-3-6-22(20)17-19/h2-3,5-7,9-10,13,17,21,23,26-27H,4,8,11-12,14-16,18H2,1H3/b13-10+/t21-,23?,26+/m0/s1. The molecule has 2 aromatic carbocycles. The number of thioether (sulfide) groups is 2. The maximum Gasteiger partial charge on any atom is 0.315 e. The molecule has 4 nitrogen and oxygen atoms in total. The molecule has 32 heavy (non-hydrogen) atoms. The van der Waals surface area contributed by atoms with Crippen LogP contribution in [0.25, 0.3) is 10.8 Å². The number of aliphatic hydroxyl groups is 1. The van der Waals surface area contributed by atoms with Crippen molar-refractivity contribution in [3.05, 3.63) is 60.2 Å². The van der Waals surface area contributed by atoms with Crippen LogP contribution in [0.5, 0.6) is 0 Å². The summed E-state index contributed by atoms with van der Waals surface area (Å²) >= 11 is 3.28. The van der Waals surface area contributed by atoms with Gasteiger partial charge in [0.25, 0.3) is 0 Å². The number of hydrogen-bond acceptors (Lipinski definition) is 6. The van der Waals surface area contributed by atoms with Gasteiger partial charge >= 0.3 is 5.97 Å². The molecule has 0 saturated heterocycles. The summed E-state index contributed by atoms with van der Waals surface area (Å²) in [5.74, 6) is 2.49. The monoisotopic (exact) mass is 472 g/mol. The van der Waals surface area contributed by atoms with Gasteiger partial charge in [0.15, 0.2) is 0 Å². The molecule has 1 aliphatic carbocycles. The minimum absolute atomic E-state index is 0.00968. The van der Waals surface area contributed by atoms with Crippen molar-refractivity contribution in [3.63, 3.8) is 0 Å². The Morgan fingerprint density at radius 1 is 1.22 bits per heavy atom. The molecular formula is C26H32O4S2. The third kappa shape index (κ3) is 7.68. The molecule has 3 atom stereocenters. The van der Waals surface area contributed by atoms with Gasteiger partial charge in [-0.2, -0.15) is 11.8 Å². The van der Waals surface area contributed by atoms with Gasteiger partial charge in [-0.05, 0) is 59.4 Å². The summed E-state index contributed by atoms with van der Waals surface area (Å²) in [6, 6.07) is 14.8. The number of carbonyl (C=O) groups is 2. The van der Waals surface area contributed by atoms with Gasteiger partial charge in [0.2, 0.25) is 0 Å². The largest absolute Gasteiger partial charge is 0.468 e. The third-order valence-corrected chi connectivity index (χ3v) is 8.24. The normalized spacial score (nSPS) is 19.6. The summed E-state index contributed by atoms with van der Waals surface area (Å²) in [7, 11) is 1.40. The molecule has 0 radical (unpaired) electrons. The average molecular weight is 473 g/mol. The van der Waals surface area contributed by atoms with Gasteiger partial charge in [-0.15, -0.1) is 11.8 Å². The van der Waals surface area contributed by atoms with Gasteiger partial charge in [0.05, 0.1) is 24.2 Å². The second kappa shape index (κ2) is 13.1. The van der Waals surface area contributed by atoms with E-state index in [4.69, 9.17) is 0 Å². The molecule has 1 unspecified atom stereocenters. The van der Waals surface area contributed by atoms with Gasteiger partial charge in [0.1, 0.15) is 5.78 Å². The van der Waals surface area contributed by atoms with E-state index in [2.05, 4.69) is 41.1 Å². The highest BCUT2D eigenvalue weighted by Crippen LogP contribution is 2.34. The zero-order chi connectivity index (χ0) is 22.8. The number of methoxy groups -OCH3 is 1. The Balaban J connectivity index is 1.41. The van der Waals surface area contributed by atoms with Crippen LogP contribution >= 0.6 is 23.5 Å². The summed E-state index contributed by atoms with van der Waals surface area (Å²) < 4.78 is 4.63. The first-order chi connectivity index (χ1) is 15.6. The summed E-state index contributed by atoms with van der Waals surface area (Å²) in [4.78, 5) is 23.4. The van der Waals surface area contributed by atoms with Gasteiger partial charge in [-0.3, -0.25) is 9.59 Å². The van der Waals surface area contributed by atoms with E-state index >= 15 is 0 Å². The first kappa shape index (κ1) is 24.9. The number of aliphatic hydroxyl groups excluding tert-OH is 1. The number of esters is 1. The molecule has 0 bridgehead atoms. The van der Waals surface area contributed by atoms with E-state index in [9.17, 15) is 14.7 Å². The number of ether oxygens (including phenoxy) is 1. The predicted octanol–water partition coefficient (Wildman–Crippen LogP) is 5.07. The summed E-state index contributed by atoms with van der Waals surface area (Å²) in [6.07, 6.45) is 7.37. The number of Topliss-reactive ketones (excluding diaryl/α,β-unsaturated/α-hetero) is 1. The van der Waals surface area contributed by atoms with Crippen LogP contribution in [0, 0.1) is 5.92 Å². The molecule has 1 fully saturated rings. The zero-order valence-electron chi connectivity index (χ0n) is 18.6. The fourth-order valence-electron chi connectivity index (χ4n) is 3.92. The fraction of sp³-hybridized carbons (Fsp3) is 0.462. The minimum atomic E-state index is -0.502.